The first-order chi connectivity index (χ1) is 12.0. The Morgan fingerprint density at radius 3 is 2.76 bits per heavy atom. The summed E-state index contributed by atoms with van der Waals surface area (Å²) in [6.07, 6.45) is 2.78. The number of piperidine rings is 1. The fraction of sp³-hybridized carbons (Fsp3) is 0.400. The topological polar surface area (TPSA) is 94.3 Å². The quantitative estimate of drug-likeness (QED) is 0.508. The predicted octanol–water partition coefficient (Wildman–Crippen LogP) is 1.96. The van der Waals surface area contributed by atoms with Crippen LogP contribution in [0.15, 0.2) is 28.4 Å². The lowest BCUT2D eigenvalue weighted by Crippen LogP contribution is -2.40. The van der Waals surface area contributed by atoms with Crippen molar-refractivity contribution in [3.8, 4) is 11.4 Å². The Morgan fingerprint density at radius 2 is 2.12 bits per heavy atom. The van der Waals surface area contributed by atoms with Crippen LogP contribution in [0.5, 0.6) is 0 Å². The maximum atomic E-state index is 13.3. The van der Waals surface area contributed by atoms with Gasteiger partial charge in [0, 0.05) is 30.9 Å². The predicted molar refractivity (Wildman–Crippen MR) is 89.7 cm³/mol. The van der Waals surface area contributed by atoms with Gasteiger partial charge in [-0.3, -0.25) is 9.80 Å². The second-order valence-corrected chi connectivity index (χ2v) is 6.65. The molecule has 0 aromatic carbocycles. The molecule has 0 saturated carbocycles. The number of pyridine rings is 1. The van der Waals surface area contributed by atoms with Crippen LogP contribution in [0.4, 0.5) is 10.2 Å². The van der Waals surface area contributed by atoms with Gasteiger partial charge >= 0.3 is 0 Å². The number of rotatable bonds is 3. The molecule has 25 heavy (non-hydrogen) atoms. The van der Waals surface area contributed by atoms with Gasteiger partial charge in [-0.1, -0.05) is 11.6 Å². The number of halogens is 2. The molecule has 2 aromatic rings. The van der Waals surface area contributed by atoms with Crippen LogP contribution in [-0.4, -0.2) is 45.1 Å². The normalized spacial score (nSPS) is 18.5. The molecule has 0 atom stereocenters. The van der Waals surface area contributed by atoms with E-state index < -0.39 is 11.5 Å². The summed E-state index contributed by atoms with van der Waals surface area (Å²) in [6, 6.07) is 2.75. The number of anilines is 1. The molecule has 8 nitrogen and oxygen atoms in total. The van der Waals surface area contributed by atoms with Gasteiger partial charge in [-0.05, 0) is 18.9 Å². The first-order valence-corrected chi connectivity index (χ1v) is 8.18. The summed E-state index contributed by atoms with van der Waals surface area (Å²) in [6.45, 7) is 1.88. The molecule has 2 saturated heterocycles. The summed E-state index contributed by atoms with van der Waals surface area (Å²) >= 11 is 6.15. The summed E-state index contributed by atoms with van der Waals surface area (Å²) in [5, 5.41) is 4.53. The van der Waals surface area contributed by atoms with Crippen molar-refractivity contribution in [2.45, 2.75) is 18.4 Å². The molecular formula is C15H14ClFN6O2. The van der Waals surface area contributed by atoms with Crippen molar-refractivity contribution >= 4 is 17.4 Å². The maximum absolute atomic E-state index is 13.3. The first kappa shape index (κ1) is 15.9. The molecule has 0 unspecified atom stereocenters. The van der Waals surface area contributed by atoms with Crippen molar-refractivity contribution in [2.24, 2.45) is 5.29 Å². The van der Waals surface area contributed by atoms with Gasteiger partial charge in [0.05, 0.1) is 17.4 Å². The molecule has 2 aromatic heterocycles. The minimum absolute atomic E-state index is 0.00427. The smallest absolute Gasteiger partial charge is 0.272 e. The maximum Gasteiger partial charge on any atom is 0.272 e. The van der Waals surface area contributed by atoms with Crippen molar-refractivity contribution in [1.82, 2.24) is 20.0 Å². The van der Waals surface area contributed by atoms with E-state index in [0.29, 0.717) is 31.0 Å². The zero-order valence-electron chi connectivity index (χ0n) is 13.1. The summed E-state index contributed by atoms with van der Waals surface area (Å²) in [7, 11) is 0. The van der Waals surface area contributed by atoms with Crippen molar-refractivity contribution in [3.05, 3.63) is 44.6 Å². The standard InChI is InChI=1S/C15H14ClFN6O2/c16-11-13(22-5-2-15(3-6-22)8-23(15)21-25)19-12(20-14(11)24)9-1-4-18-10(17)7-9/h1,4,7H,2-3,5-6,8H2,(H,19,20,24). The number of H-pyrrole nitrogens is 1. The van der Waals surface area contributed by atoms with Gasteiger partial charge in [0.25, 0.3) is 5.56 Å². The molecule has 2 aliphatic heterocycles. The number of nitrogens with zero attached hydrogens (tertiary/aromatic N) is 5. The van der Waals surface area contributed by atoms with Gasteiger partial charge < -0.3 is 9.88 Å². The largest absolute Gasteiger partial charge is 0.355 e. The molecule has 4 rings (SSSR count). The Morgan fingerprint density at radius 1 is 1.36 bits per heavy atom. The monoisotopic (exact) mass is 364 g/mol. The second kappa shape index (κ2) is 5.76. The number of hydrogen-bond donors (Lipinski definition) is 1. The van der Waals surface area contributed by atoms with Crippen LogP contribution < -0.4 is 10.5 Å². The lowest BCUT2D eigenvalue weighted by Gasteiger charge is -2.32. The third-order valence-corrected chi connectivity index (χ3v) is 5.17. The summed E-state index contributed by atoms with van der Waals surface area (Å²) in [4.78, 5) is 35.2. The molecule has 130 valence electrons. The Hall–Kier alpha value is -2.55. The third-order valence-electron chi connectivity index (χ3n) is 4.83. The molecule has 10 heteroatoms. The van der Waals surface area contributed by atoms with Gasteiger partial charge in [-0.25, -0.2) is 9.97 Å². The Kier molecular flexibility index (Phi) is 3.68. The summed E-state index contributed by atoms with van der Waals surface area (Å²) in [5.74, 6) is -0.0703. The minimum Gasteiger partial charge on any atom is -0.355 e. The Bertz CT molecular complexity index is 896. The van der Waals surface area contributed by atoms with Crippen LogP contribution in [0.3, 0.4) is 0 Å². The van der Waals surface area contributed by atoms with Crippen molar-refractivity contribution in [3.63, 3.8) is 0 Å². The highest BCUT2D eigenvalue weighted by Crippen LogP contribution is 2.42. The van der Waals surface area contributed by atoms with E-state index in [1.807, 2.05) is 4.90 Å². The highest BCUT2D eigenvalue weighted by atomic mass is 35.5. The molecule has 0 amide bonds. The van der Waals surface area contributed by atoms with Crippen molar-refractivity contribution < 1.29 is 4.39 Å². The number of aromatic nitrogens is 3. The van der Waals surface area contributed by atoms with Crippen LogP contribution in [0.2, 0.25) is 5.02 Å². The van der Waals surface area contributed by atoms with Gasteiger partial charge in [0.15, 0.2) is 5.82 Å². The molecule has 4 heterocycles. The van der Waals surface area contributed by atoms with Crippen LogP contribution in [0.1, 0.15) is 12.8 Å². The van der Waals surface area contributed by atoms with E-state index in [1.54, 1.807) is 11.1 Å². The molecular weight excluding hydrogens is 351 g/mol. The fourth-order valence-electron chi connectivity index (χ4n) is 3.25. The van der Waals surface area contributed by atoms with E-state index in [4.69, 9.17) is 11.6 Å². The molecule has 0 bridgehead atoms. The zero-order chi connectivity index (χ0) is 17.6. The number of hydrogen-bond acceptors (Lipinski definition) is 6. The summed E-state index contributed by atoms with van der Waals surface area (Å²) < 4.78 is 13.3. The Balaban J connectivity index is 1.64. The van der Waals surface area contributed by atoms with Gasteiger partial charge in [-0.15, -0.1) is 4.91 Å². The van der Waals surface area contributed by atoms with Crippen LogP contribution in [-0.2, 0) is 0 Å². The zero-order valence-corrected chi connectivity index (χ0v) is 13.8. The van der Waals surface area contributed by atoms with E-state index >= 15 is 0 Å². The molecule has 2 aliphatic rings. The minimum atomic E-state index is -0.660. The molecule has 0 radical (unpaired) electrons. The second-order valence-electron chi connectivity index (χ2n) is 6.27. The lowest BCUT2D eigenvalue weighted by molar-refractivity contribution is 0.348. The SMILES string of the molecule is O=NN1CC12CCN(c1nc(-c3ccnc(F)c3)[nH]c(=O)c1Cl)CC2. The highest BCUT2D eigenvalue weighted by molar-refractivity contribution is 6.32. The summed E-state index contributed by atoms with van der Waals surface area (Å²) in [5.41, 5.74) is -0.223. The molecule has 1 N–H and O–H groups in total. The average molecular weight is 365 g/mol. The van der Waals surface area contributed by atoms with Crippen molar-refractivity contribution in [1.29, 1.82) is 0 Å². The highest BCUT2D eigenvalue weighted by Gasteiger charge is 2.54. The average Bonchev–Trinajstić information content (AvgIpc) is 3.30. The lowest BCUT2D eigenvalue weighted by atomic mass is 9.97. The van der Waals surface area contributed by atoms with Crippen LogP contribution >= 0.6 is 11.6 Å². The van der Waals surface area contributed by atoms with Crippen LogP contribution in [0.25, 0.3) is 11.4 Å². The molecule has 2 fully saturated rings. The van der Waals surface area contributed by atoms with Gasteiger partial charge in [0.2, 0.25) is 5.95 Å². The first-order valence-electron chi connectivity index (χ1n) is 7.80. The van der Waals surface area contributed by atoms with E-state index in [1.165, 1.54) is 12.3 Å². The molecule has 0 aliphatic carbocycles. The number of nitrogens with one attached hydrogen (secondary N) is 1. The van der Waals surface area contributed by atoms with E-state index in [-0.39, 0.29) is 16.4 Å². The van der Waals surface area contributed by atoms with E-state index in [2.05, 4.69) is 20.2 Å². The number of aromatic amines is 1. The van der Waals surface area contributed by atoms with E-state index in [0.717, 1.165) is 12.8 Å². The van der Waals surface area contributed by atoms with Gasteiger partial charge in [0.1, 0.15) is 10.8 Å². The number of nitroso groups, excluding NO2 is 1. The molecule has 1 spiro atoms. The van der Waals surface area contributed by atoms with Gasteiger partial charge in [-0.2, -0.15) is 4.39 Å². The van der Waals surface area contributed by atoms with Crippen molar-refractivity contribution in [2.75, 3.05) is 24.5 Å². The van der Waals surface area contributed by atoms with E-state index in [9.17, 15) is 14.1 Å². The third kappa shape index (κ3) is 2.74. The fourth-order valence-corrected chi connectivity index (χ4v) is 3.46. The Labute approximate surface area is 146 Å². The van der Waals surface area contributed by atoms with Crippen LogP contribution in [0, 0.1) is 10.9 Å².